The first-order valence-electron chi connectivity index (χ1n) is 4.58. The Balaban J connectivity index is 2.25. The Hall–Kier alpha value is -1.78. The van der Waals surface area contributed by atoms with Gasteiger partial charge in [0.05, 0.1) is 13.2 Å². The van der Waals surface area contributed by atoms with E-state index < -0.39 is 0 Å². The fourth-order valence-corrected chi connectivity index (χ4v) is 1.56. The maximum atomic E-state index is 13.6. The fraction of sp³-hybridized carbons (Fsp3) is 0.300. The SMILES string of the molecule is COc1ccc([C@@H]2CNC(=O)N2)c(F)c1. The van der Waals surface area contributed by atoms with E-state index in [1.54, 1.807) is 12.1 Å². The third kappa shape index (κ3) is 1.86. The Labute approximate surface area is 86.4 Å². The van der Waals surface area contributed by atoms with Crippen LogP contribution in [0, 0.1) is 5.82 Å². The Kier molecular flexibility index (Phi) is 2.45. The molecule has 1 aromatic rings. The van der Waals surface area contributed by atoms with Crippen molar-refractivity contribution in [2.75, 3.05) is 13.7 Å². The van der Waals surface area contributed by atoms with Crippen molar-refractivity contribution in [2.24, 2.45) is 0 Å². The first-order valence-corrected chi connectivity index (χ1v) is 4.58. The lowest BCUT2D eigenvalue weighted by atomic mass is 10.1. The maximum absolute atomic E-state index is 13.6. The molecular weight excluding hydrogens is 199 g/mol. The van der Waals surface area contributed by atoms with Gasteiger partial charge in [0, 0.05) is 18.2 Å². The average molecular weight is 210 g/mol. The van der Waals surface area contributed by atoms with Crippen molar-refractivity contribution in [3.8, 4) is 5.75 Å². The zero-order valence-electron chi connectivity index (χ0n) is 8.21. The zero-order chi connectivity index (χ0) is 10.8. The quantitative estimate of drug-likeness (QED) is 0.770. The number of hydrogen-bond donors (Lipinski definition) is 2. The van der Waals surface area contributed by atoms with Crippen LogP contribution in [0.4, 0.5) is 9.18 Å². The average Bonchev–Trinajstić information content (AvgIpc) is 2.64. The van der Waals surface area contributed by atoms with Gasteiger partial charge < -0.3 is 15.4 Å². The molecule has 1 heterocycles. The lowest BCUT2D eigenvalue weighted by Crippen LogP contribution is -2.22. The van der Waals surface area contributed by atoms with E-state index in [9.17, 15) is 9.18 Å². The second-order valence-electron chi connectivity index (χ2n) is 3.29. The molecule has 0 saturated carbocycles. The van der Waals surface area contributed by atoms with Gasteiger partial charge in [-0.25, -0.2) is 9.18 Å². The Morgan fingerprint density at radius 1 is 1.53 bits per heavy atom. The van der Waals surface area contributed by atoms with E-state index in [4.69, 9.17) is 4.74 Å². The van der Waals surface area contributed by atoms with Crippen LogP contribution in [0.3, 0.4) is 0 Å². The number of methoxy groups -OCH3 is 1. The van der Waals surface area contributed by atoms with Gasteiger partial charge in [0.15, 0.2) is 0 Å². The summed E-state index contributed by atoms with van der Waals surface area (Å²) in [5.41, 5.74) is 0.467. The molecule has 0 aliphatic carbocycles. The van der Waals surface area contributed by atoms with E-state index in [1.807, 2.05) is 0 Å². The summed E-state index contributed by atoms with van der Waals surface area (Å²) in [6.07, 6.45) is 0. The number of halogens is 1. The van der Waals surface area contributed by atoms with Gasteiger partial charge in [0.2, 0.25) is 0 Å². The van der Waals surface area contributed by atoms with Crippen LogP contribution in [0.5, 0.6) is 5.75 Å². The van der Waals surface area contributed by atoms with Crippen LogP contribution in [0.15, 0.2) is 18.2 Å². The van der Waals surface area contributed by atoms with Crippen molar-refractivity contribution < 1.29 is 13.9 Å². The van der Waals surface area contributed by atoms with E-state index >= 15 is 0 Å². The first kappa shape index (κ1) is 9.76. The molecule has 2 N–H and O–H groups in total. The summed E-state index contributed by atoms with van der Waals surface area (Å²) < 4.78 is 18.4. The number of hydrogen-bond acceptors (Lipinski definition) is 2. The molecule has 1 atom stereocenters. The van der Waals surface area contributed by atoms with Crippen molar-refractivity contribution in [2.45, 2.75) is 6.04 Å². The van der Waals surface area contributed by atoms with Crippen LogP contribution in [0.1, 0.15) is 11.6 Å². The van der Waals surface area contributed by atoms with Crippen molar-refractivity contribution in [1.82, 2.24) is 10.6 Å². The monoisotopic (exact) mass is 210 g/mol. The molecule has 1 saturated heterocycles. The highest BCUT2D eigenvalue weighted by molar-refractivity contribution is 5.76. The molecule has 15 heavy (non-hydrogen) atoms. The Bertz CT molecular complexity index is 395. The smallest absolute Gasteiger partial charge is 0.315 e. The van der Waals surface area contributed by atoms with Gasteiger partial charge in [-0.15, -0.1) is 0 Å². The molecule has 0 radical (unpaired) electrons. The highest BCUT2D eigenvalue weighted by Crippen LogP contribution is 2.22. The van der Waals surface area contributed by atoms with Crippen LogP contribution in [0.2, 0.25) is 0 Å². The molecule has 80 valence electrons. The molecule has 1 aliphatic rings. The first-order chi connectivity index (χ1) is 7.20. The molecular formula is C10H11FN2O2. The van der Waals surface area contributed by atoms with E-state index in [0.717, 1.165) is 0 Å². The molecule has 2 amide bonds. The van der Waals surface area contributed by atoms with Gasteiger partial charge >= 0.3 is 6.03 Å². The lowest BCUT2D eigenvalue weighted by Gasteiger charge is -2.10. The molecule has 1 fully saturated rings. The lowest BCUT2D eigenvalue weighted by molar-refractivity contribution is 0.247. The molecule has 0 bridgehead atoms. The molecule has 0 unspecified atom stereocenters. The molecule has 0 aromatic heterocycles. The summed E-state index contributed by atoms with van der Waals surface area (Å²) in [5, 5.41) is 5.19. The minimum absolute atomic E-state index is 0.268. The zero-order valence-corrected chi connectivity index (χ0v) is 8.21. The number of benzene rings is 1. The molecule has 0 spiro atoms. The second kappa shape index (κ2) is 3.76. The van der Waals surface area contributed by atoms with Crippen molar-refractivity contribution in [3.63, 3.8) is 0 Å². The van der Waals surface area contributed by atoms with Gasteiger partial charge in [0.25, 0.3) is 0 Å². The van der Waals surface area contributed by atoms with Crippen molar-refractivity contribution in [1.29, 1.82) is 0 Å². The molecule has 1 aromatic carbocycles. The molecule has 2 rings (SSSR count). The maximum Gasteiger partial charge on any atom is 0.315 e. The van der Waals surface area contributed by atoms with Gasteiger partial charge in [-0.1, -0.05) is 6.07 Å². The number of ether oxygens (including phenoxy) is 1. The van der Waals surface area contributed by atoms with E-state index in [-0.39, 0.29) is 17.9 Å². The standard InChI is InChI=1S/C10H11FN2O2/c1-15-6-2-3-7(8(11)4-6)9-5-12-10(14)13-9/h2-4,9H,5H2,1H3,(H2,12,13,14)/t9-/m0/s1. The van der Waals surface area contributed by atoms with Crippen LogP contribution >= 0.6 is 0 Å². The molecule has 4 nitrogen and oxygen atoms in total. The highest BCUT2D eigenvalue weighted by atomic mass is 19.1. The summed E-state index contributed by atoms with van der Waals surface area (Å²) in [6, 6.07) is 4.02. The summed E-state index contributed by atoms with van der Waals surface area (Å²) in [5.74, 6) is 0.0943. The summed E-state index contributed by atoms with van der Waals surface area (Å²) in [7, 11) is 1.48. The van der Waals surface area contributed by atoms with Crippen LogP contribution in [-0.4, -0.2) is 19.7 Å². The van der Waals surface area contributed by atoms with Crippen molar-refractivity contribution in [3.05, 3.63) is 29.6 Å². The molecule has 5 heteroatoms. The Morgan fingerprint density at radius 2 is 2.33 bits per heavy atom. The fourth-order valence-electron chi connectivity index (χ4n) is 1.56. The third-order valence-corrected chi connectivity index (χ3v) is 2.36. The topological polar surface area (TPSA) is 50.4 Å². The van der Waals surface area contributed by atoms with Gasteiger partial charge in [-0.3, -0.25) is 0 Å². The van der Waals surface area contributed by atoms with E-state index in [1.165, 1.54) is 13.2 Å². The number of carbonyl (C=O) groups is 1. The summed E-state index contributed by atoms with van der Waals surface area (Å²) in [4.78, 5) is 10.9. The largest absolute Gasteiger partial charge is 0.497 e. The number of carbonyl (C=O) groups excluding carboxylic acids is 1. The third-order valence-electron chi connectivity index (χ3n) is 2.36. The second-order valence-corrected chi connectivity index (χ2v) is 3.29. The summed E-state index contributed by atoms with van der Waals surface area (Å²) >= 11 is 0. The highest BCUT2D eigenvalue weighted by Gasteiger charge is 2.24. The predicted octanol–water partition coefficient (Wildman–Crippen LogP) is 1.19. The minimum atomic E-state index is -0.372. The van der Waals surface area contributed by atoms with Crippen molar-refractivity contribution >= 4 is 6.03 Å². The number of urea groups is 1. The predicted molar refractivity (Wildman–Crippen MR) is 52.2 cm³/mol. The summed E-state index contributed by atoms with van der Waals surface area (Å²) in [6.45, 7) is 0.405. The number of nitrogens with one attached hydrogen (secondary N) is 2. The van der Waals surface area contributed by atoms with Crippen LogP contribution in [-0.2, 0) is 0 Å². The minimum Gasteiger partial charge on any atom is -0.497 e. The number of amides is 2. The van der Waals surface area contributed by atoms with Crippen LogP contribution < -0.4 is 15.4 Å². The molecule has 1 aliphatic heterocycles. The Morgan fingerprint density at radius 3 is 2.87 bits per heavy atom. The van der Waals surface area contributed by atoms with E-state index in [0.29, 0.717) is 17.9 Å². The van der Waals surface area contributed by atoms with Gasteiger partial charge in [-0.05, 0) is 6.07 Å². The number of rotatable bonds is 2. The van der Waals surface area contributed by atoms with Gasteiger partial charge in [-0.2, -0.15) is 0 Å². The normalized spacial score (nSPS) is 19.6. The van der Waals surface area contributed by atoms with Crippen LogP contribution in [0.25, 0.3) is 0 Å². The van der Waals surface area contributed by atoms with Gasteiger partial charge in [0.1, 0.15) is 11.6 Å². The van der Waals surface area contributed by atoms with E-state index in [2.05, 4.69) is 10.6 Å².